The highest BCUT2D eigenvalue weighted by Gasteiger charge is 2.31. The van der Waals surface area contributed by atoms with Crippen LogP contribution in [-0.4, -0.2) is 74.9 Å². The molecule has 4 heterocycles. The minimum absolute atomic E-state index is 0.0390. The van der Waals surface area contributed by atoms with Gasteiger partial charge in [0.2, 0.25) is 5.91 Å². The Kier molecular flexibility index (Phi) is 8.94. The number of carbonyl (C=O) groups is 2. The van der Waals surface area contributed by atoms with Gasteiger partial charge in [0, 0.05) is 61.2 Å². The van der Waals surface area contributed by atoms with Gasteiger partial charge >= 0.3 is 0 Å². The number of nitrogens with one attached hydrogen (secondary N) is 1. The molecule has 1 fully saturated rings. The number of H-pyrrole nitrogens is 1. The fourth-order valence-corrected chi connectivity index (χ4v) is 7.24. The lowest BCUT2D eigenvalue weighted by molar-refractivity contribution is -0.131. The largest absolute Gasteiger partial charge is 0.496 e. The molecule has 0 spiro atoms. The van der Waals surface area contributed by atoms with Crippen LogP contribution in [0.3, 0.4) is 0 Å². The van der Waals surface area contributed by atoms with E-state index in [0.717, 1.165) is 23.1 Å². The number of likely N-dealkylation sites (tertiary alicyclic amines) is 1. The van der Waals surface area contributed by atoms with E-state index in [1.54, 1.807) is 52.2 Å². The van der Waals surface area contributed by atoms with Crippen LogP contribution >= 0.6 is 23.2 Å². The smallest absolute Gasteiger partial charge is 0.270 e. The molecule has 1 unspecified atom stereocenters. The lowest BCUT2D eigenvalue weighted by atomic mass is 9.93. The Morgan fingerprint density at radius 3 is 2.71 bits per heavy atom. The van der Waals surface area contributed by atoms with E-state index in [2.05, 4.69) is 15.3 Å². The molecule has 2 aliphatic rings. The number of aryl methyl sites for hydroxylation is 1. The van der Waals surface area contributed by atoms with Crippen molar-refractivity contribution < 1.29 is 18.7 Å². The third kappa shape index (κ3) is 6.06. The number of aromatic amines is 1. The molecule has 0 bridgehead atoms. The van der Waals surface area contributed by atoms with Gasteiger partial charge in [0.1, 0.15) is 11.4 Å². The van der Waals surface area contributed by atoms with Crippen molar-refractivity contribution in [3.8, 4) is 16.9 Å². The molecule has 1 atom stereocenters. The molecular weight excluding hydrogens is 654 g/mol. The van der Waals surface area contributed by atoms with Gasteiger partial charge in [0.15, 0.2) is 5.82 Å². The second kappa shape index (κ2) is 13.4. The Morgan fingerprint density at radius 1 is 1.04 bits per heavy atom. The molecule has 0 radical (unpaired) electrons. The zero-order chi connectivity index (χ0) is 33.4. The van der Waals surface area contributed by atoms with Crippen molar-refractivity contribution in [1.82, 2.24) is 29.8 Å². The predicted octanol–water partition coefficient (Wildman–Crippen LogP) is 7.22. The van der Waals surface area contributed by atoms with Crippen LogP contribution in [0, 0.1) is 5.82 Å². The molecule has 0 aliphatic carbocycles. The maximum absolute atomic E-state index is 16.6. The molecular formula is C36H33Cl2FN6O3. The van der Waals surface area contributed by atoms with Crippen molar-refractivity contribution >= 4 is 51.5 Å². The minimum atomic E-state index is -0.476. The topological polar surface area (TPSA) is 96.3 Å². The lowest BCUT2D eigenvalue weighted by Crippen LogP contribution is -2.36. The maximum atomic E-state index is 16.6. The number of carbonyl (C=O) groups excluding carboxylic acids is 2. The first-order valence-corrected chi connectivity index (χ1v) is 16.6. The van der Waals surface area contributed by atoms with Crippen LogP contribution in [0.5, 0.6) is 5.75 Å². The molecule has 1 N–H and O–H groups in total. The maximum Gasteiger partial charge on any atom is 0.270 e. The van der Waals surface area contributed by atoms with E-state index >= 15 is 4.39 Å². The van der Waals surface area contributed by atoms with Crippen LogP contribution in [0.1, 0.15) is 46.8 Å². The van der Waals surface area contributed by atoms with E-state index in [1.165, 1.54) is 0 Å². The molecule has 5 aromatic rings. The Labute approximate surface area is 286 Å². The Balaban J connectivity index is 1.22. The lowest BCUT2D eigenvalue weighted by Gasteiger charge is -2.28. The average Bonchev–Trinajstić information content (AvgIpc) is 3.91. The molecule has 246 valence electrons. The second-order valence-corrected chi connectivity index (χ2v) is 12.9. The molecule has 7 rings (SSSR count). The number of nitrogens with zero attached hydrogens (tertiary/aromatic N) is 5. The summed E-state index contributed by atoms with van der Waals surface area (Å²) >= 11 is 12.8. The van der Waals surface area contributed by atoms with Gasteiger partial charge in [-0.25, -0.2) is 4.39 Å². The van der Waals surface area contributed by atoms with Crippen LogP contribution < -0.4 is 4.74 Å². The molecule has 3 aromatic carbocycles. The molecule has 9 nitrogen and oxygen atoms in total. The number of methoxy groups -OCH3 is 1. The van der Waals surface area contributed by atoms with E-state index < -0.39 is 5.82 Å². The normalized spacial score (nSPS) is 16.4. The van der Waals surface area contributed by atoms with Crippen molar-refractivity contribution in [3.05, 3.63) is 106 Å². The first kappa shape index (κ1) is 31.9. The van der Waals surface area contributed by atoms with Gasteiger partial charge in [-0.3, -0.25) is 14.3 Å². The number of aromatic nitrogens is 4. The number of halogens is 3. The highest BCUT2D eigenvalue weighted by Crippen LogP contribution is 2.41. The number of benzene rings is 3. The second-order valence-electron chi connectivity index (χ2n) is 12.1. The first-order valence-electron chi connectivity index (χ1n) is 15.9. The molecule has 2 aromatic heterocycles. The Hall–Kier alpha value is -4.67. The summed E-state index contributed by atoms with van der Waals surface area (Å²) < 4.78 is 24.0. The minimum Gasteiger partial charge on any atom is -0.496 e. The van der Waals surface area contributed by atoms with E-state index in [4.69, 9.17) is 27.9 Å². The molecule has 2 amide bonds. The highest BCUT2D eigenvalue weighted by molar-refractivity contribution is 6.42. The predicted molar refractivity (Wildman–Crippen MR) is 184 cm³/mol. The third-order valence-corrected chi connectivity index (χ3v) is 10.1. The molecule has 48 heavy (non-hydrogen) atoms. The summed E-state index contributed by atoms with van der Waals surface area (Å²) in [6.45, 7) is 2.21. The summed E-state index contributed by atoms with van der Waals surface area (Å²) in [4.78, 5) is 33.7. The third-order valence-electron chi connectivity index (χ3n) is 9.25. The fraction of sp³-hybridized carbons (Fsp3) is 0.278. The monoisotopic (exact) mass is 686 g/mol. The van der Waals surface area contributed by atoms with Crippen LogP contribution in [0.25, 0.3) is 27.6 Å². The number of para-hydroxylation sites is 1. The summed E-state index contributed by atoms with van der Waals surface area (Å²) in [5.74, 6) is -0.0835. The van der Waals surface area contributed by atoms with Crippen molar-refractivity contribution in [2.75, 3.05) is 33.3 Å². The van der Waals surface area contributed by atoms with Gasteiger partial charge < -0.3 is 19.5 Å². The number of rotatable bonds is 8. The number of amides is 2. The summed E-state index contributed by atoms with van der Waals surface area (Å²) in [5.41, 5.74) is 3.98. The number of hydrogen-bond donors (Lipinski definition) is 1. The van der Waals surface area contributed by atoms with Crippen molar-refractivity contribution in [1.29, 1.82) is 0 Å². The molecule has 1 saturated heterocycles. The Morgan fingerprint density at radius 2 is 1.90 bits per heavy atom. The zero-order valence-electron chi connectivity index (χ0n) is 26.3. The fourth-order valence-electron chi connectivity index (χ4n) is 6.78. The van der Waals surface area contributed by atoms with Gasteiger partial charge in [-0.2, -0.15) is 0 Å². The van der Waals surface area contributed by atoms with Gasteiger partial charge in [-0.05, 0) is 53.8 Å². The summed E-state index contributed by atoms with van der Waals surface area (Å²) in [5, 5.41) is 9.29. The number of ether oxygens (including phenoxy) is 1. The van der Waals surface area contributed by atoms with Crippen LogP contribution in [0.15, 0.2) is 73.1 Å². The average molecular weight is 688 g/mol. The molecule has 12 heteroatoms. The molecule has 2 aliphatic heterocycles. The number of hydrogen-bond acceptors (Lipinski definition) is 5. The van der Waals surface area contributed by atoms with Crippen molar-refractivity contribution in [2.24, 2.45) is 0 Å². The van der Waals surface area contributed by atoms with Crippen LogP contribution in [0.2, 0.25) is 10.0 Å². The van der Waals surface area contributed by atoms with Gasteiger partial charge in [0.05, 0.1) is 35.4 Å². The van der Waals surface area contributed by atoms with Gasteiger partial charge in [0.25, 0.3) is 5.91 Å². The van der Waals surface area contributed by atoms with E-state index in [9.17, 15) is 9.59 Å². The van der Waals surface area contributed by atoms with E-state index in [-0.39, 0.29) is 41.9 Å². The number of fused-ring (bicyclic) bond motifs is 1. The summed E-state index contributed by atoms with van der Waals surface area (Å²) in [7, 11) is 1.59. The summed E-state index contributed by atoms with van der Waals surface area (Å²) in [6.07, 6.45) is 6.85. The first-order chi connectivity index (χ1) is 23.3. The van der Waals surface area contributed by atoms with E-state index in [0.29, 0.717) is 64.9 Å². The molecule has 0 saturated carbocycles. The van der Waals surface area contributed by atoms with Gasteiger partial charge in [-0.15, -0.1) is 5.10 Å². The van der Waals surface area contributed by atoms with Crippen LogP contribution in [-0.2, 0) is 11.3 Å². The van der Waals surface area contributed by atoms with E-state index in [1.807, 2.05) is 42.5 Å². The van der Waals surface area contributed by atoms with Crippen LogP contribution in [0.4, 0.5) is 4.39 Å². The summed E-state index contributed by atoms with van der Waals surface area (Å²) in [6, 6.07) is 16.6. The zero-order valence-corrected chi connectivity index (χ0v) is 27.8. The van der Waals surface area contributed by atoms with Gasteiger partial charge in [-0.1, -0.05) is 64.8 Å². The Bertz CT molecular complexity index is 2040. The quantitative estimate of drug-likeness (QED) is 0.186. The highest BCUT2D eigenvalue weighted by atomic mass is 35.5. The SMILES string of the molecule is COc1ccccc1-c1cc(C2=CCCN(C(=O)CCn3ccnn3)C2)c(F)c2[nH]c(C(=O)N3CCC(c4cccc(Cl)c4Cl)C3)cc12. The van der Waals surface area contributed by atoms with Crippen molar-refractivity contribution in [3.63, 3.8) is 0 Å². The standard InChI is InChI=1S/C36H33Cl2FN6O3/c1-48-31-10-3-2-7-25(31)27-18-26(22-6-5-14-43(20-22)32(46)12-16-45-17-13-40-42-45)34(39)35-28(27)19-30(41-35)36(47)44-15-11-23(21-44)24-8-4-9-29(37)33(24)38/h2-4,6-10,13,17-19,23,41H,5,11-12,14-16,20-21H2,1H3. The van der Waals surface area contributed by atoms with Crippen molar-refractivity contribution in [2.45, 2.75) is 31.7 Å².